The molecule has 14 rings (SSSR count). The minimum atomic E-state index is -0.149. The summed E-state index contributed by atoms with van der Waals surface area (Å²) in [5.41, 5.74) is 21.8. The Labute approximate surface area is 432 Å². The molecule has 0 unspecified atom stereocenters. The van der Waals surface area contributed by atoms with Crippen LogP contribution >= 0.6 is 22.7 Å². The Hall–Kier alpha value is -6.60. The van der Waals surface area contributed by atoms with Crippen molar-refractivity contribution in [3.8, 4) is 16.8 Å². The Kier molecular flexibility index (Phi) is 8.92. The molecule has 0 aliphatic carbocycles. The van der Waals surface area contributed by atoms with Gasteiger partial charge in [0.05, 0.1) is 44.2 Å². The fourth-order valence-corrected chi connectivity index (χ4v) is 14.8. The topological polar surface area (TPSA) is 11.4 Å². The Morgan fingerprint density at radius 3 is 1.71 bits per heavy atom. The van der Waals surface area contributed by atoms with E-state index >= 15 is 0 Å². The van der Waals surface area contributed by atoms with E-state index in [4.69, 9.17) is 0 Å². The first-order chi connectivity index (χ1) is 34.2. The third-order valence-corrected chi connectivity index (χ3v) is 18.7. The van der Waals surface area contributed by atoms with E-state index in [0.29, 0.717) is 0 Å². The summed E-state index contributed by atoms with van der Waals surface area (Å²) in [5.74, 6) is 0. The van der Waals surface area contributed by atoms with Gasteiger partial charge in [0.15, 0.2) is 0 Å². The van der Waals surface area contributed by atoms with Gasteiger partial charge in [-0.25, -0.2) is 0 Å². The van der Waals surface area contributed by atoms with E-state index in [2.05, 4.69) is 243 Å². The molecule has 3 aliphatic rings. The standard InChI is InChI=1S/C66H60BN3S2/c1-63(2,3)39-26-27-49-45(30-39)46-31-40(64(4,5)6)35-53-58(46)68(49)54-36-41(65(7,8)9)32-48-60(54)70(53)52-34-42(66(10,11)12)33-51-57(52)67(48)62-59(47-29-38(25-28-56(47)72-62)37-19-14-13-15-20-37)69(51)50-23-18-22-44-43-21-16-17-24-55(43)71-61(44)50/h13-36H,1-12H3. The van der Waals surface area contributed by atoms with E-state index in [1.165, 1.54) is 141 Å². The second kappa shape index (κ2) is 14.5. The minimum absolute atomic E-state index is 0.00369. The Morgan fingerprint density at radius 2 is 0.986 bits per heavy atom. The molecule has 3 nitrogen and oxygen atoms in total. The molecule has 0 bridgehead atoms. The number of anilines is 6. The van der Waals surface area contributed by atoms with Crippen LogP contribution in [0.15, 0.2) is 146 Å². The first kappa shape index (κ1) is 44.1. The van der Waals surface area contributed by atoms with Crippen molar-refractivity contribution in [3.63, 3.8) is 0 Å². The van der Waals surface area contributed by atoms with Crippen molar-refractivity contribution in [2.45, 2.75) is 105 Å². The highest BCUT2D eigenvalue weighted by molar-refractivity contribution is 7.34. The molecule has 0 radical (unpaired) electrons. The van der Waals surface area contributed by atoms with Gasteiger partial charge in [0.1, 0.15) is 0 Å². The molecule has 72 heavy (non-hydrogen) atoms. The summed E-state index contributed by atoms with van der Waals surface area (Å²) in [5, 5.41) is 6.59. The summed E-state index contributed by atoms with van der Waals surface area (Å²) in [6.45, 7) is 28.5. The van der Waals surface area contributed by atoms with Crippen molar-refractivity contribution >= 4 is 131 Å². The molecule has 0 spiro atoms. The van der Waals surface area contributed by atoms with Gasteiger partial charge in [-0.3, -0.25) is 0 Å². The SMILES string of the molecule is CC(C)(C)c1cc2c3c(c1)N1c4c(cc(C(C)(C)C)cc4-n4c5ccc(C(C)(C)C)cc5c5cc(C(C)(C)C)cc1c54)B3c1sc3ccc(-c4ccccc4)cc3c1N2c1cccc2c1sc1ccccc12. The molecule has 11 aromatic rings. The number of hydrogen-bond acceptors (Lipinski definition) is 4. The highest BCUT2D eigenvalue weighted by atomic mass is 32.1. The van der Waals surface area contributed by atoms with E-state index in [0.717, 1.165) is 0 Å². The minimum Gasteiger partial charge on any atom is -0.309 e. The van der Waals surface area contributed by atoms with E-state index in [1.54, 1.807) is 0 Å². The summed E-state index contributed by atoms with van der Waals surface area (Å²) in [6, 6.07) is 56.9. The second-order valence-corrected chi connectivity index (χ2v) is 27.2. The molecular weight excluding hydrogens is 910 g/mol. The highest BCUT2D eigenvalue weighted by Gasteiger charge is 2.49. The highest BCUT2D eigenvalue weighted by Crippen LogP contribution is 2.57. The summed E-state index contributed by atoms with van der Waals surface area (Å²) in [6.07, 6.45) is 0. The molecule has 354 valence electrons. The normalized spacial score (nSPS) is 14.3. The molecule has 6 heteroatoms. The van der Waals surface area contributed by atoms with Crippen LogP contribution in [0, 0.1) is 0 Å². The fourth-order valence-electron chi connectivity index (χ4n) is 12.3. The second-order valence-electron chi connectivity index (χ2n) is 25.1. The third kappa shape index (κ3) is 6.15. The molecule has 0 saturated carbocycles. The summed E-state index contributed by atoms with van der Waals surface area (Å²) < 4.78 is 8.03. The lowest BCUT2D eigenvalue weighted by molar-refractivity contribution is 0.589. The number of benzene rings is 8. The van der Waals surface area contributed by atoms with Crippen molar-refractivity contribution in [3.05, 3.63) is 168 Å². The molecule has 6 heterocycles. The zero-order valence-electron chi connectivity index (χ0n) is 43.6. The quantitative estimate of drug-likeness (QED) is 0.160. The van der Waals surface area contributed by atoms with Crippen molar-refractivity contribution in [2.75, 3.05) is 9.80 Å². The molecule has 0 amide bonds. The zero-order valence-corrected chi connectivity index (χ0v) is 45.2. The molecule has 3 aliphatic heterocycles. The first-order valence-electron chi connectivity index (χ1n) is 25.9. The number of thiophene rings is 2. The zero-order chi connectivity index (χ0) is 49.7. The average molecular weight is 970 g/mol. The van der Waals surface area contributed by atoms with Crippen LogP contribution in [0.3, 0.4) is 0 Å². The van der Waals surface area contributed by atoms with Crippen molar-refractivity contribution < 1.29 is 0 Å². The molecule has 3 aromatic heterocycles. The van der Waals surface area contributed by atoms with Gasteiger partial charge in [-0.1, -0.05) is 162 Å². The smallest absolute Gasteiger partial charge is 0.264 e. The van der Waals surface area contributed by atoms with Crippen LogP contribution in [0.5, 0.6) is 0 Å². The van der Waals surface area contributed by atoms with Crippen molar-refractivity contribution in [2.24, 2.45) is 0 Å². The number of hydrogen-bond donors (Lipinski definition) is 0. The maximum absolute atomic E-state index is 2.74. The van der Waals surface area contributed by atoms with E-state index in [1.807, 2.05) is 22.7 Å². The van der Waals surface area contributed by atoms with Gasteiger partial charge in [-0.2, -0.15) is 0 Å². The van der Waals surface area contributed by atoms with Gasteiger partial charge < -0.3 is 14.4 Å². The maximum Gasteiger partial charge on any atom is 0.264 e. The van der Waals surface area contributed by atoms with Crippen LogP contribution in [0.2, 0.25) is 0 Å². The fraction of sp³-hybridized carbons (Fsp3) is 0.242. The number of fused-ring (bicyclic) bond motifs is 14. The molecule has 0 atom stereocenters. The Morgan fingerprint density at radius 1 is 0.389 bits per heavy atom. The number of nitrogens with zero attached hydrogens (tertiary/aromatic N) is 3. The third-order valence-electron chi connectivity index (χ3n) is 16.3. The predicted octanol–water partition coefficient (Wildman–Crippen LogP) is 17.6. The summed E-state index contributed by atoms with van der Waals surface area (Å²) in [4.78, 5) is 5.47. The lowest BCUT2D eigenvalue weighted by Gasteiger charge is -2.47. The van der Waals surface area contributed by atoms with Crippen LogP contribution in [-0.2, 0) is 21.7 Å². The lowest BCUT2D eigenvalue weighted by Crippen LogP contribution is -2.61. The first-order valence-corrected chi connectivity index (χ1v) is 27.5. The van der Waals surface area contributed by atoms with E-state index in [9.17, 15) is 0 Å². The van der Waals surface area contributed by atoms with Crippen LogP contribution in [0.1, 0.15) is 105 Å². The molecule has 8 aromatic carbocycles. The lowest BCUT2D eigenvalue weighted by atomic mass is 9.35. The van der Waals surface area contributed by atoms with E-state index in [-0.39, 0.29) is 28.4 Å². The van der Waals surface area contributed by atoms with E-state index < -0.39 is 0 Å². The van der Waals surface area contributed by atoms with Gasteiger partial charge in [-0.05, 0) is 133 Å². The summed E-state index contributed by atoms with van der Waals surface area (Å²) >= 11 is 3.93. The largest absolute Gasteiger partial charge is 0.309 e. The Bertz CT molecular complexity index is 4160. The molecule has 0 fully saturated rings. The van der Waals surface area contributed by atoms with Gasteiger partial charge in [0.2, 0.25) is 0 Å². The maximum atomic E-state index is 2.74. The Balaban J connectivity index is 1.18. The van der Waals surface area contributed by atoms with Gasteiger partial charge in [0, 0.05) is 52.5 Å². The monoisotopic (exact) mass is 969 g/mol. The van der Waals surface area contributed by atoms with Crippen LogP contribution < -0.4 is 25.5 Å². The van der Waals surface area contributed by atoms with Gasteiger partial charge in [0.25, 0.3) is 6.71 Å². The predicted molar refractivity (Wildman–Crippen MR) is 317 cm³/mol. The van der Waals surface area contributed by atoms with Gasteiger partial charge >= 0.3 is 0 Å². The molecule has 0 saturated heterocycles. The molecule has 0 N–H and O–H groups in total. The van der Waals surface area contributed by atoms with Crippen molar-refractivity contribution in [1.29, 1.82) is 0 Å². The van der Waals surface area contributed by atoms with Crippen LogP contribution in [0.4, 0.5) is 34.1 Å². The van der Waals surface area contributed by atoms with Crippen LogP contribution in [0.25, 0.3) is 68.9 Å². The molecular formula is C66H60BN3S2. The van der Waals surface area contributed by atoms with Crippen LogP contribution in [-0.4, -0.2) is 11.3 Å². The summed E-state index contributed by atoms with van der Waals surface area (Å²) in [7, 11) is 0. The number of rotatable bonds is 2. The van der Waals surface area contributed by atoms with Crippen molar-refractivity contribution in [1.82, 2.24) is 4.57 Å². The number of aromatic nitrogens is 1. The average Bonchev–Trinajstić information content (AvgIpc) is 4.02. The van der Waals surface area contributed by atoms with Gasteiger partial charge in [-0.15, -0.1) is 22.7 Å².